The Morgan fingerprint density at radius 3 is 2.36 bits per heavy atom. The molecule has 0 radical (unpaired) electrons. The number of phenolic OH excluding ortho intramolecular Hbond substituents is 1. The molecule has 0 aromatic heterocycles. The Morgan fingerprint density at radius 2 is 1.80 bits per heavy atom. The van der Waals surface area contributed by atoms with Gasteiger partial charge in [0.15, 0.2) is 5.78 Å². The van der Waals surface area contributed by atoms with Crippen LogP contribution in [0.15, 0.2) is 36.4 Å². The van der Waals surface area contributed by atoms with Crippen molar-refractivity contribution in [1.29, 1.82) is 0 Å². The number of nitrogens with one attached hydrogen (secondary N) is 1. The van der Waals surface area contributed by atoms with E-state index < -0.39 is 0 Å². The van der Waals surface area contributed by atoms with Gasteiger partial charge in [0, 0.05) is 18.3 Å². The molecule has 4 heteroatoms. The number of phenols is 1. The summed E-state index contributed by atoms with van der Waals surface area (Å²) in [6, 6.07) is 9.12. The molecule has 2 rings (SSSR count). The Balaban J connectivity index is 2.37. The second-order valence-corrected chi connectivity index (χ2v) is 6.29. The molecule has 0 aliphatic rings. The second kappa shape index (κ2) is 7.88. The van der Waals surface area contributed by atoms with Gasteiger partial charge in [0.2, 0.25) is 0 Å². The number of hydrogen-bond acceptors (Lipinski definition) is 4. The molecule has 0 saturated heterocycles. The predicted octanol–water partition coefficient (Wildman–Crippen LogP) is 4.73. The number of aryl methyl sites for hydroxylation is 2. The summed E-state index contributed by atoms with van der Waals surface area (Å²) in [6.45, 7) is 7.62. The molecule has 2 aromatic carbocycles. The Labute approximate surface area is 149 Å². The second-order valence-electron chi connectivity index (χ2n) is 6.29. The van der Waals surface area contributed by atoms with Gasteiger partial charge in [-0.1, -0.05) is 0 Å². The van der Waals surface area contributed by atoms with Gasteiger partial charge in [-0.2, -0.15) is 0 Å². The zero-order valence-electron chi connectivity index (χ0n) is 15.4. The van der Waals surface area contributed by atoms with E-state index in [-0.39, 0.29) is 17.6 Å². The molecule has 0 spiro atoms. The molecular formula is C21H25NO3. The number of ketones is 1. The van der Waals surface area contributed by atoms with Crippen LogP contribution in [0.2, 0.25) is 0 Å². The highest BCUT2D eigenvalue weighted by molar-refractivity contribution is 6.07. The van der Waals surface area contributed by atoms with E-state index in [9.17, 15) is 9.90 Å². The van der Waals surface area contributed by atoms with E-state index in [0.29, 0.717) is 16.9 Å². The Bertz CT molecular complexity index is 790. The number of carbonyl (C=O) groups excluding carboxylic acids is 1. The van der Waals surface area contributed by atoms with E-state index in [1.165, 1.54) is 6.08 Å². The first kappa shape index (κ1) is 18.6. The molecule has 0 aliphatic heterocycles. The minimum atomic E-state index is -0.128. The quantitative estimate of drug-likeness (QED) is 0.590. The van der Waals surface area contributed by atoms with Crippen molar-refractivity contribution in [3.05, 3.63) is 58.7 Å². The van der Waals surface area contributed by atoms with Crippen LogP contribution in [0.4, 0.5) is 5.69 Å². The first-order chi connectivity index (χ1) is 11.8. The largest absolute Gasteiger partial charge is 0.507 e. The molecule has 0 fully saturated rings. The Hall–Kier alpha value is -2.75. The van der Waals surface area contributed by atoms with Crippen LogP contribution in [-0.2, 0) is 0 Å². The summed E-state index contributed by atoms with van der Waals surface area (Å²) in [7, 11) is 1.83. The monoisotopic (exact) mass is 339 g/mol. The molecule has 0 heterocycles. The molecule has 0 aliphatic carbocycles. The molecule has 0 bridgehead atoms. The summed E-state index contributed by atoms with van der Waals surface area (Å²) < 4.78 is 5.85. The highest BCUT2D eigenvalue weighted by Gasteiger charge is 2.15. The van der Waals surface area contributed by atoms with Crippen molar-refractivity contribution >= 4 is 17.5 Å². The first-order valence-corrected chi connectivity index (χ1v) is 8.33. The lowest BCUT2D eigenvalue weighted by atomic mass is 10.0. The van der Waals surface area contributed by atoms with Crippen molar-refractivity contribution in [2.24, 2.45) is 0 Å². The van der Waals surface area contributed by atoms with Gasteiger partial charge in [-0.3, -0.25) is 4.79 Å². The van der Waals surface area contributed by atoms with E-state index >= 15 is 0 Å². The third kappa shape index (κ3) is 4.41. The van der Waals surface area contributed by atoms with Gasteiger partial charge in [0.1, 0.15) is 11.5 Å². The van der Waals surface area contributed by atoms with Crippen LogP contribution in [0, 0.1) is 13.8 Å². The molecular weight excluding hydrogens is 314 g/mol. The van der Waals surface area contributed by atoms with Gasteiger partial charge < -0.3 is 15.2 Å². The van der Waals surface area contributed by atoms with E-state index in [1.54, 1.807) is 18.2 Å². The first-order valence-electron chi connectivity index (χ1n) is 8.33. The zero-order valence-corrected chi connectivity index (χ0v) is 15.4. The van der Waals surface area contributed by atoms with Crippen LogP contribution in [-0.4, -0.2) is 24.0 Å². The lowest BCUT2D eigenvalue weighted by Crippen LogP contribution is -2.08. The van der Waals surface area contributed by atoms with Crippen LogP contribution >= 0.6 is 0 Å². The Kier molecular flexibility index (Phi) is 5.86. The zero-order chi connectivity index (χ0) is 18.6. The smallest absolute Gasteiger partial charge is 0.185 e. The third-order valence-electron chi connectivity index (χ3n) is 3.88. The number of hydrogen-bond donors (Lipinski definition) is 2. The van der Waals surface area contributed by atoms with Gasteiger partial charge in [0.05, 0.1) is 11.7 Å². The highest BCUT2D eigenvalue weighted by atomic mass is 16.5. The van der Waals surface area contributed by atoms with Gasteiger partial charge in [-0.25, -0.2) is 0 Å². The predicted molar refractivity (Wildman–Crippen MR) is 103 cm³/mol. The standard InChI is InChI=1S/C21H25NO3/c1-13(2)25-21-15(4)12-14(3)20(24)18(21)10-11-19(23)16-6-8-17(22-5)9-7-16/h6-13,22,24H,1-5H3. The summed E-state index contributed by atoms with van der Waals surface area (Å²) in [6.07, 6.45) is 3.06. The molecule has 2 aromatic rings. The maximum absolute atomic E-state index is 12.4. The average Bonchev–Trinajstić information content (AvgIpc) is 2.58. The molecule has 25 heavy (non-hydrogen) atoms. The number of allylic oxidation sites excluding steroid dienone is 1. The fraction of sp³-hybridized carbons (Fsp3) is 0.286. The number of aromatic hydroxyl groups is 1. The van der Waals surface area contributed by atoms with E-state index in [1.807, 2.05) is 52.9 Å². The van der Waals surface area contributed by atoms with Gasteiger partial charge >= 0.3 is 0 Å². The number of benzene rings is 2. The normalized spacial score (nSPS) is 11.1. The van der Waals surface area contributed by atoms with Crippen molar-refractivity contribution in [2.45, 2.75) is 33.8 Å². The number of rotatable bonds is 6. The molecule has 0 unspecified atom stereocenters. The van der Waals surface area contributed by atoms with Gasteiger partial charge in [-0.05, 0) is 81.3 Å². The summed E-state index contributed by atoms with van der Waals surface area (Å²) in [5, 5.41) is 13.4. The van der Waals surface area contributed by atoms with Crippen molar-refractivity contribution < 1.29 is 14.6 Å². The lowest BCUT2D eigenvalue weighted by molar-refractivity contribution is 0.104. The van der Waals surface area contributed by atoms with Crippen LogP contribution in [0.1, 0.15) is 40.9 Å². The average molecular weight is 339 g/mol. The number of anilines is 1. The van der Waals surface area contributed by atoms with E-state index in [2.05, 4.69) is 5.32 Å². The minimum Gasteiger partial charge on any atom is -0.507 e. The maximum atomic E-state index is 12.4. The fourth-order valence-electron chi connectivity index (χ4n) is 2.59. The van der Waals surface area contributed by atoms with E-state index in [0.717, 1.165) is 16.8 Å². The minimum absolute atomic E-state index is 0.0299. The van der Waals surface area contributed by atoms with Gasteiger partial charge in [-0.15, -0.1) is 0 Å². The highest BCUT2D eigenvalue weighted by Crippen LogP contribution is 2.36. The summed E-state index contributed by atoms with van der Waals surface area (Å²) in [5.41, 5.74) is 3.74. The lowest BCUT2D eigenvalue weighted by Gasteiger charge is -2.17. The van der Waals surface area contributed by atoms with Crippen molar-refractivity contribution in [1.82, 2.24) is 0 Å². The molecule has 0 saturated carbocycles. The van der Waals surface area contributed by atoms with Crippen LogP contribution in [0.5, 0.6) is 11.5 Å². The number of ether oxygens (including phenoxy) is 1. The van der Waals surface area contributed by atoms with Crippen LogP contribution in [0.25, 0.3) is 6.08 Å². The summed E-state index contributed by atoms with van der Waals surface area (Å²) in [5.74, 6) is 0.611. The van der Waals surface area contributed by atoms with Crippen LogP contribution < -0.4 is 10.1 Å². The van der Waals surface area contributed by atoms with Crippen LogP contribution in [0.3, 0.4) is 0 Å². The maximum Gasteiger partial charge on any atom is 0.185 e. The van der Waals surface area contributed by atoms with Crippen molar-refractivity contribution in [3.63, 3.8) is 0 Å². The molecule has 132 valence electrons. The SMILES string of the molecule is CNc1ccc(C(=O)C=Cc2c(O)c(C)cc(C)c2OC(C)C)cc1. The number of carbonyl (C=O) groups is 1. The third-order valence-corrected chi connectivity index (χ3v) is 3.88. The summed E-state index contributed by atoms with van der Waals surface area (Å²) >= 11 is 0. The molecule has 2 N–H and O–H groups in total. The van der Waals surface area contributed by atoms with E-state index in [4.69, 9.17) is 4.74 Å². The molecule has 0 atom stereocenters. The molecule has 4 nitrogen and oxygen atoms in total. The van der Waals surface area contributed by atoms with Crippen molar-refractivity contribution in [3.8, 4) is 11.5 Å². The topological polar surface area (TPSA) is 58.6 Å². The fourth-order valence-corrected chi connectivity index (χ4v) is 2.59. The summed E-state index contributed by atoms with van der Waals surface area (Å²) in [4.78, 5) is 12.4. The Morgan fingerprint density at radius 1 is 1.16 bits per heavy atom. The molecule has 0 amide bonds. The van der Waals surface area contributed by atoms with Gasteiger partial charge in [0.25, 0.3) is 0 Å². The van der Waals surface area contributed by atoms with Crippen molar-refractivity contribution in [2.75, 3.05) is 12.4 Å².